The number of carbonyl (C=O) groups is 1. The molecule has 42 heavy (non-hydrogen) atoms. The Morgan fingerprint density at radius 1 is 1.14 bits per heavy atom. The van der Waals surface area contributed by atoms with E-state index < -0.39 is 23.2 Å². The molecule has 8 atom stereocenters. The van der Waals surface area contributed by atoms with E-state index in [0.717, 1.165) is 6.42 Å². The molecular formula is C32H31FN6O3. The van der Waals surface area contributed by atoms with Crippen molar-refractivity contribution in [3.63, 3.8) is 0 Å². The van der Waals surface area contributed by atoms with Crippen LogP contribution in [0, 0.1) is 34.9 Å². The zero-order chi connectivity index (χ0) is 29.4. The quantitative estimate of drug-likeness (QED) is 0.274. The van der Waals surface area contributed by atoms with E-state index >= 15 is 0 Å². The number of nitrogens with zero attached hydrogens (tertiary/aromatic N) is 4. The van der Waals surface area contributed by atoms with Crippen LogP contribution in [0.2, 0.25) is 0 Å². The number of carbonyl (C=O) groups excluding carboxylic acids is 1. The largest absolute Gasteiger partial charge is 0.389 e. The van der Waals surface area contributed by atoms with Crippen LogP contribution >= 0.6 is 0 Å². The van der Waals surface area contributed by atoms with Gasteiger partial charge in [0.25, 0.3) is 0 Å². The first-order valence-electron chi connectivity index (χ1n) is 14.1. The molecule has 2 heterocycles. The van der Waals surface area contributed by atoms with Crippen molar-refractivity contribution in [3.05, 3.63) is 83.7 Å². The Morgan fingerprint density at radius 2 is 1.93 bits per heavy atom. The van der Waals surface area contributed by atoms with Crippen LogP contribution < -0.4 is 10.6 Å². The van der Waals surface area contributed by atoms with Crippen LogP contribution in [-0.4, -0.2) is 60.4 Å². The first-order valence-corrected chi connectivity index (χ1v) is 14.1. The number of aliphatic hydroxyl groups is 2. The molecule has 4 N–H and O–H groups in total. The minimum atomic E-state index is -1.52. The van der Waals surface area contributed by atoms with Gasteiger partial charge in [-0.05, 0) is 48.9 Å². The summed E-state index contributed by atoms with van der Waals surface area (Å²) >= 11 is 0. The van der Waals surface area contributed by atoms with Crippen LogP contribution in [0.3, 0.4) is 0 Å². The number of rotatable bonds is 5. The Morgan fingerprint density at radius 3 is 2.62 bits per heavy atom. The Hall–Kier alpha value is -4.33. The molecule has 3 aliphatic carbocycles. The highest BCUT2D eigenvalue weighted by atomic mass is 19.1. The average Bonchev–Trinajstić information content (AvgIpc) is 3.83. The van der Waals surface area contributed by atoms with Gasteiger partial charge in [-0.1, -0.05) is 49.2 Å². The van der Waals surface area contributed by atoms with Gasteiger partial charge in [0, 0.05) is 30.5 Å². The molecule has 10 heteroatoms. The zero-order valence-electron chi connectivity index (χ0n) is 23.4. The maximum absolute atomic E-state index is 13.7. The van der Waals surface area contributed by atoms with Crippen LogP contribution in [0.5, 0.6) is 0 Å². The molecule has 3 aliphatic rings. The van der Waals surface area contributed by atoms with Gasteiger partial charge in [-0.25, -0.2) is 19.3 Å². The lowest BCUT2D eigenvalue weighted by Gasteiger charge is -2.35. The first-order chi connectivity index (χ1) is 20.2. The molecule has 0 bridgehead atoms. The second-order valence-corrected chi connectivity index (χ2v) is 11.9. The number of nitrogens with one attached hydrogen (secondary N) is 2. The van der Waals surface area contributed by atoms with E-state index in [1.54, 1.807) is 30.0 Å². The third kappa shape index (κ3) is 3.84. The average molecular weight is 567 g/mol. The molecule has 3 fully saturated rings. The van der Waals surface area contributed by atoms with Crippen LogP contribution in [0.4, 0.5) is 10.2 Å². The van der Waals surface area contributed by atoms with Crippen molar-refractivity contribution >= 4 is 22.9 Å². The third-order valence-electron chi connectivity index (χ3n) is 9.65. The van der Waals surface area contributed by atoms with Gasteiger partial charge in [-0.3, -0.25) is 4.79 Å². The lowest BCUT2D eigenvalue weighted by Crippen LogP contribution is -2.51. The van der Waals surface area contributed by atoms with Crippen molar-refractivity contribution < 1.29 is 19.4 Å². The van der Waals surface area contributed by atoms with E-state index in [0.29, 0.717) is 28.5 Å². The van der Waals surface area contributed by atoms with Crippen LogP contribution in [0.25, 0.3) is 11.2 Å². The lowest BCUT2D eigenvalue weighted by molar-refractivity contribution is -0.144. The predicted molar refractivity (Wildman–Crippen MR) is 154 cm³/mol. The van der Waals surface area contributed by atoms with E-state index in [-0.39, 0.29) is 35.4 Å². The SMILES string of the molecule is CNC(=O)C1(C)[C@H](C)[C@H]2C(n3cnc4c(N[C@@H]5CC5c5ccccc5)nc(C#Cc5cccc(F)c5)nc43)[C@@]2(O)[C@@H]1O. The normalized spacial score (nSPS) is 32.5. The molecule has 9 nitrogen and oxygen atoms in total. The highest BCUT2D eigenvalue weighted by Gasteiger charge is 2.82. The van der Waals surface area contributed by atoms with E-state index in [1.807, 2.05) is 25.1 Å². The molecule has 4 aromatic rings. The Labute approximate surface area is 242 Å². The highest BCUT2D eigenvalue weighted by molar-refractivity contribution is 5.86. The molecule has 3 unspecified atom stereocenters. The van der Waals surface area contributed by atoms with Crippen LogP contribution in [-0.2, 0) is 4.79 Å². The molecule has 0 aliphatic heterocycles. The van der Waals surface area contributed by atoms with Gasteiger partial charge in [0.1, 0.15) is 11.4 Å². The molecule has 2 aromatic heterocycles. The first kappa shape index (κ1) is 26.6. The summed E-state index contributed by atoms with van der Waals surface area (Å²) < 4.78 is 15.5. The smallest absolute Gasteiger partial charge is 0.228 e. The highest BCUT2D eigenvalue weighted by Crippen LogP contribution is 2.72. The summed E-state index contributed by atoms with van der Waals surface area (Å²) in [5.74, 6) is 5.58. The minimum absolute atomic E-state index is 0.152. The second kappa shape index (κ2) is 9.34. The fraction of sp³-hybridized carbons (Fsp3) is 0.375. The van der Waals surface area contributed by atoms with Crippen molar-refractivity contribution in [2.75, 3.05) is 12.4 Å². The number of halogens is 1. The van der Waals surface area contributed by atoms with Crippen molar-refractivity contribution in [2.24, 2.45) is 17.3 Å². The number of aliphatic hydroxyl groups excluding tert-OH is 1. The number of hydrogen-bond donors (Lipinski definition) is 4. The van der Waals surface area contributed by atoms with Gasteiger partial charge in [0.2, 0.25) is 11.7 Å². The number of amides is 1. The summed E-state index contributed by atoms with van der Waals surface area (Å²) in [4.78, 5) is 26.8. The summed E-state index contributed by atoms with van der Waals surface area (Å²) in [5.41, 5.74) is 0.0611. The fourth-order valence-corrected chi connectivity index (χ4v) is 7.09. The van der Waals surface area contributed by atoms with E-state index in [2.05, 4.69) is 44.6 Å². The number of imidazole rings is 1. The molecule has 3 saturated carbocycles. The Balaban J connectivity index is 1.27. The summed E-state index contributed by atoms with van der Waals surface area (Å²) in [6.07, 6.45) is 1.26. The van der Waals surface area contributed by atoms with Crippen molar-refractivity contribution in [2.45, 2.75) is 50.0 Å². The summed E-state index contributed by atoms with van der Waals surface area (Å²) in [6.45, 7) is 3.58. The maximum atomic E-state index is 13.7. The molecule has 214 valence electrons. The standard InChI is InChI=1S/C32H31FN6O3/c1-17-24-26(32(24,42)29(40)31(17,2)30(41)34-3)39-16-35-25-27(36-22-15-21(22)19-9-5-4-6-10-19)37-23(38-28(25)39)13-12-18-8-7-11-20(33)14-18/h4-11,14,16-17,21-22,24,26,29,40,42H,15H2,1-3H3,(H,34,41)(H,36,37,38)/t17-,21?,22-,24+,26?,29-,31?,32-/m1/s1. The van der Waals surface area contributed by atoms with E-state index in [1.165, 1.54) is 24.7 Å². The van der Waals surface area contributed by atoms with E-state index in [9.17, 15) is 19.4 Å². The lowest BCUT2D eigenvalue weighted by atomic mass is 9.73. The monoisotopic (exact) mass is 566 g/mol. The molecule has 0 radical (unpaired) electrons. The summed E-state index contributed by atoms with van der Waals surface area (Å²) in [5, 5.41) is 29.2. The van der Waals surface area contributed by atoms with Crippen LogP contribution in [0.15, 0.2) is 60.9 Å². The van der Waals surface area contributed by atoms with E-state index in [4.69, 9.17) is 4.98 Å². The number of anilines is 1. The summed E-state index contributed by atoms with van der Waals surface area (Å²) in [6, 6.07) is 15.9. The Bertz CT molecular complexity index is 1780. The minimum Gasteiger partial charge on any atom is -0.389 e. The van der Waals surface area contributed by atoms with Crippen LogP contribution in [0.1, 0.15) is 49.2 Å². The second-order valence-electron chi connectivity index (χ2n) is 11.9. The van der Waals surface area contributed by atoms with Crippen molar-refractivity contribution in [1.82, 2.24) is 24.8 Å². The molecule has 7 rings (SSSR count). The number of fused-ring (bicyclic) bond motifs is 2. The Kier molecular flexibility index (Phi) is 5.91. The predicted octanol–water partition coefficient (Wildman–Crippen LogP) is 3.00. The number of benzene rings is 2. The van der Waals surface area contributed by atoms with Crippen molar-refractivity contribution in [1.29, 1.82) is 0 Å². The number of aromatic nitrogens is 4. The zero-order valence-corrected chi connectivity index (χ0v) is 23.4. The third-order valence-corrected chi connectivity index (χ3v) is 9.65. The van der Waals surface area contributed by atoms with Gasteiger partial charge in [-0.2, -0.15) is 0 Å². The molecule has 1 amide bonds. The molecular weight excluding hydrogens is 535 g/mol. The van der Waals surface area contributed by atoms with Gasteiger partial charge in [-0.15, -0.1) is 0 Å². The van der Waals surface area contributed by atoms with Crippen molar-refractivity contribution in [3.8, 4) is 11.8 Å². The van der Waals surface area contributed by atoms with Gasteiger partial charge >= 0.3 is 0 Å². The topological polar surface area (TPSA) is 125 Å². The van der Waals surface area contributed by atoms with Gasteiger partial charge in [0.15, 0.2) is 17.0 Å². The fourth-order valence-electron chi connectivity index (χ4n) is 7.09. The van der Waals surface area contributed by atoms with Gasteiger partial charge < -0.3 is 25.4 Å². The number of hydrogen-bond acceptors (Lipinski definition) is 7. The molecule has 0 saturated heterocycles. The molecule has 2 aromatic carbocycles. The molecule has 0 spiro atoms. The summed E-state index contributed by atoms with van der Waals surface area (Å²) in [7, 11) is 1.53. The maximum Gasteiger partial charge on any atom is 0.228 e. The van der Waals surface area contributed by atoms with Gasteiger partial charge in [0.05, 0.1) is 23.9 Å².